The van der Waals surface area contributed by atoms with E-state index in [1.165, 1.54) is 5.56 Å². The monoisotopic (exact) mass is 231 g/mol. The number of rotatable bonds is 4. The molecule has 0 unspecified atom stereocenters. The molecular weight excluding hydrogens is 218 g/mol. The molecule has 4 heteroatoms. The van der Waals surface area contributed by atoms with E-state index in [1.807, 2.05) is 6.07 Å². The maximum Gasteiger partial charge on any atom is 0.166 e. The van der Waals surface area contributed by atoms with E-state index < -0.39 is 0 Å². The van der Waals surface area contributed by atoms with Crippen LogP contribution < -0.4 is 0 Å². The van der Waals surface area contributed by atoms with Gasteiger partial charge in [-0.15, -0.1) is 0 Å². The quantitative estimate of drug-likeness (QED) is 0.649. The Morgan fingerprint density at radius 3 is 3.12 bits per heavy atom. The highest BCUT2D eigenvalue weighted by molar-refractivity contribution is 7.99. The predicted molar refractivity (Wildman–Crippen MR) is 66.4 cm³/mol. The second kappa shape index (κ2) is 5.04. The molecule has 1 N–H and O–H groups in total. The first kappa shape index (κ1) is 11.0. The lowest BCUT2D eigenvalue weighted by Gasteiger charge is -1.93. The summed E-state index contributed by atoms with van der Waals surface area (Å²) in [5, 5.41) is 9.36. The third-order valence-corrected chi connectivity index (χ3v) is 3.26. The molecule has 3 nitrogen and oxygen atoms in total. The zero-order valence-corrected chi connectivity index (χ0v) is 9.97. The van der Waals surface area contributed by atoms with E-state index >= 15 is 0 Å². The van der Waals surface area contributed by atoms with E-state index in [-0.39, 0.29) is 0 Å². The van der Waals surface area contributed by atoms with Gasteiger partial charge in [-0.2, -0.15) is 5.26 Å². The summed E-state index contributed by atoms with van der Waals surface area (Å²) in [6, 6.07) is 8.41. The number of H-pyrrole nitrogens is 1. The lowest BCUT2D eigenvalue weighted by molar-refractivity contribution is 1.07. The van der Waals surface area contributed by atoms with Crippen molar-refractivity contribution in [1.29, 1.82) is 5.26 Å². The average Bonchev–Trinajstić information content (AvgIpc) is 2.70. The van der Waals surface area contributed by atoms with E-state index in [9.17, 15) is 0 Å². The Balaban J connectivity index is 2.20. The van der Waals surface area contributed by atoms with Crippen molar-refractivity contribution in [1.82, 2.24) is 9.97 Å². The van der Waals surface area contributed by atoms with Gasteiger partial charge in [0.25, 0.3) is 0 Å². The molecule has 0 bridgehead atoms. The zero-order chi connectivity index (χ0) is 11.4. The number of aromatic amines is 1. The summed E-state index contributed by atoms with van der Waals surface area (Å²) in [4.78, 5) is 7.73. The van der Waals surface area contributed by atoms with Gasteiger partial charge in [0, 0.05) is 12.2 Å². The van der Waals surface area contributed by atoms with Gasteiger partial charge in [0.1, 0.15) is 0 Å². The summed E-state index contributed by atoms with van der Waals surface area (Å²) in [5.74, 6) is 0.789. The van der Waals surface area contributed by atoms with Crippen LogP contribution in [-0.2, 0) is 6.42 Å². The molecule has 1 heterocycles. The van der Waals surface area contributed by atoms with Gasteiger partial charge in [-0.05, 0) is 24.1 Å². The second-order valence-electron chi connectivity index (χ2n) is 3.50. The van der Waals surface area contributed by atoms with Crippen LogP contribution in [0.25, 0.3) is 11.0 Å². The summed E-state index contributed by atoms with van der Waals surface area (Å²) in [5.41, 5.74) is 3.39. The van der Waals surface area contributed by atoms with E-state index in [2.05, 4.69) is 35.1 Å². The number of benzene rings is 1. The second-order valence-corrected chi connectivity index (χ2v) is 4.59. The molecule has 0 amide bonds. The standard InChI is InChI=1S/C12H13N3S/c1-2-9-4-5-10-11(8-9)15-12(14-10)16-7-3-6-13/h4-5,8H,2-3,7H2,1H3,(H,14,15). The Kier molecular flexibility index (Phi) is 3.47. The highest BCUT2D eigenvalue weighted by Crippen LogP contribution is 2.20. The van der Waals surface area contributed by atoms with E-state index in [0.717, 1.165) is 28.4 Å². The molecule has 1 aromatic carbocycles. The van der Waals surface area contributed by atoms with Crippen molar-refractivity contribution in [3.63, 3.8) is 0 Å². The van der Waals surface area contributed by atoms with Crippen LogP contribution in [-0.4, -0.2) is 15.7 Å². The first-order chi connectivity index (χ1) is 7.83. The Bertz CT molecular complexity index is 525. The molecular formula is C12H13N3S. The van der Waals surface area contributed by atoms with Crippen LogP contribution in [0.3, 0.4) is 0 Å². The lowest BCUT2D eigenvalue weighted by Crippen LogP contribution is -1.78. The van der Waals surface area contributed by atoms with Gasteiger partial charge in [-0.1, -0.05) is 24.8 Å². The van der Waals surface area contributed by atoms with E-state index in [1.54, 1.807) is 11.8 Å². The Morgan fingerprint density at radius 2 is 2.38 bits per heavy atom. The molecule has 0 atom stereocenters. The number of imidazole rings is 1. The maximum absolute atomic E-state index is 8.46. The number of hydrogen-bond acceptors (Lipinski definition) is 3. The normalized spacial score (nSPS) is 10.5. The molecule has 0 fully saturated rings. The molecule has 16 heavy (non-hydrogen) atoms. The van der Waals surface area contributed by atoms with Gasteiger partial charge >= 0.3 is 0 Å². The summed E-state index contributed by atoms with van der Waals surface area (Å²) < 4.78 is 0. The summed E-state index contributed by atoms with van der Waals surface area (Å²) in [6.07, 6.45) is 1.59. The molecule has 0 saturated carbocycles. The number of aryl methyl sites for hydroxylation is 1. The van der Waals surface area contributed by atoms with Crippen molar-refractivity contribution >= 4 is 22.8 Å². The average molecular weight is 231 g/mol. The van der Waals surface area contributed by atoms with Crippen molar-refractivity contribution in [3.05, 3.63) is 23.8 Å². The van der Waals surface area contributed by atoms with Gasteiger partial charge in [0.15, 0.2) is 5.16 Å². The third kappa shape index (κ3) is 2.37. The van der Waals surface area contributed by atoms with Crippen LogP contribution in [0.2, 0.25) is 0 Å². The first-order valence-corrected chi connectivity index (χ1v) is 6.30. The topological polar surface area (TPSA) is 52.5 Å². The fraction of sp³-hybridized carbons (Fsp3) is 0.333. The molecule has 0 spiro atoms. The minimum Gasteiger partial charge on any atom is -0.333 e. The fourth-order valence-corrected chi connectivity index (χ4v) is 2.25. The summed E-state index contributed by atoms with van der Waals surface area (Å²) in [7, 11) is 0. The molecule has 82 valence electrons. The minimum absolute atomic E-state index is 0.557. The highest BCUT2D eigenvalue weighted by Gasteiger charge is 2.03. The summed E-state index contributed by atoms with van der Waals surface area (Å²) >= 11 is 1.60. The molecule has 0 radical (unpaired) electrons. The van der Waals surface area contributed by atoms with Crippen LogP contribution in [0.15, 0.2) is 23.4 Å². The lowest BCUT2D eigenvalue weighted by atomic mass is 10.1. The largest absolute Gasteiger partial charge is 0.333 e. The number of nitriles is 1. The van der Waals surface area contributed by atoms with Crippen LogP contribution in [0.4, 0.5) is 0 Å². The maximum atomic E-state index is 8.46. The van der Waals surface area contributed by atoms with E-state index in [4.69, 9.17) is 5.26 Å². The van der Waals surface area contributed by atoms with E-state index in [0.29, 0.717) is 6.42 Å². The van der Waals surface area contributed by atoms with Crippen molar-refractivity contribution in [3.8, 4) is 6.07 Å². The molecule has 1 aromatic heterocycles. The SMILES string of the molecule is CCc1ccc2nc(SCCC#N)[nH]c2c1. The number of aromatic nitrogens is 2. The van der Waals surface area contributed by atoms with Crippen molar-refractivity contribution < 1.29 is 0 Å². The van der Waals surface area contributed by atoms with Crippen molar-refractivity contribution in [2.45, 2.75) is 24.9 Å². The Morgan fingerprint density at radius 1 is 1.50 bits per heavy atom. The molecule has 0 saturated heterocycles. The molecule has 2 aromatic rings. The van der Waals surface area contributed by atoms with Gasteiger partial charge in [-0.25, -0.2) is 4.98 Å². The van der Waals surface area contributed by atoms with Crippen LogP contribution in [0, 0.1) is 11.3 Å². The Labute approximate surface area is 98.9 Å². The van der Waals surface area contributed by atoms with Gasteiger partial charge in [0.05, 0.1) is 17.1 Å². The number of fused-ring (bicyclic) bond motifs is 1. The van der Waals surface area contributed by atoms with Crippen molar-refractivity contribution in [2.24, 2.45) is 0 Å². The van der Waals surface area contributed by atoms with Crippen LogP contribution >= 0.6 is 11.8 Å². The van der Waals surface area contributed by atoms with Gasteiger partial charge in [0.2, 0.25) is 0 Å². The molecule has 0 aliphatic rings. The van der Waals surface area contributed by atoms with Crippen LogP contribution in [0.5, 0.6) is 0 Å². The number of thioether (sulfide) groups is 1. The van der Waals surface area contributed by atoms with Crippen molar-refractivity contribution in [2.75, 3.05) is 5.75 Å². The highest BCUT2D eigenvalue weighted by atomic mass is 32.2. The predicted octanol–water partition coefficient (Wildman–Crippen LogP) is 3.13. The minimum atomic E-state index is 0.557. The zero-order valence-electron chi connectivity index (χ0n) is 9.16. The van der Waals surface area contributed by atoms with Gasteiger partial charge < -0.3 is 4.98 Å². The van der Waals surface area contributed by atoms with Crippen LogP contribution in [0.1, 0.15) is 18.9 Å². The third-order valence-electron chi connectivity index (χ3n) is 2.39. The fourth-order valence-electron chi connectivity index (χ4n) is 1.51. The number of hydrogen-bond donors (Lipinski definition) is 1. The summed E-state index contributed by atoms with van der Waals surface area (Å²) in [6.45, 7) is 2.14. The Hall–Kier alpha value is -1.47. The number of nitrogens with zero attached hydrogens (tertiary/aromatic N) is 2. The smallest absolute Gasteiger partial charge is 0.166 e. The number of nitrogens with one attached hydrogen (secondary N) is 1. The molecule has 2 rings (SSSR count). The van der Waals surface area contributed by atoms with Gasteiger partial charge in [-0.3, -0.25) is 0 Å². The molecule has 0 aliphatic carbocycles. The first-order valence-electron chi connectivity index (χ1n) is 5.32. The molecule has 0 aliphatic heterocycles.